The van der Waals surface area contributed by atoms with E-state index >= 15 is 0 Å². The molecule has 1 N–H and O–H groups in total. The summed E-state index contributed by atoms with van der Waals surface area (Å²) in [6.45, 7) is 5.89. The van der Waals surface area contributed by atoms with Gasteiger partial charge >= 0.3 is 0 Å². The van der Waals surface area contributed by atoms with Crippen LogP contribution in [0.1, 0.15) is 38.7 Å². The Morgan fingerprint density at radius 2 is 2.00 bits per heavy atom. The van der Waals surface area contributed by atoms with Gasteiger partial charge in [0.05, 0.1) is 0 Å². The maximum Gasteiger partial charge on any atom is 0.0175 e. The summed E-state index contributed by atoms with van der Waals surface area (Å²) in [4.78, 5) is 0. The highest BCUT2D eigenvalue weighted by Gasteiger charge is 2.23. The van der Waals surface area contributed by atoms with Gasteiger partial charge in [0.15, 0.2) is 0 Å². The average molecular weight is 310 g/mol. The Labute approximate surface area is 119 Å². The second-order valence-electron chi connectivity index (χ2n) is 5.81. The van der Waals surface area contributed by atoms with Gasteiger partial charge in [0.25, 0.3) is 0 Å². The number of nitrogens with one attached hydrogen (secondary N) is 1. The van der Waals surface area contributed by atoms with E-state index in [4.69, 9.17) is 0 Å². The van der Waals surface area contributed by atoms with Crippen LogP contribution >= 0.6 is 15.9 Å². The lowest BCUT2D eigenvalue weighted by Crippen LogP contribution is -2.33. The molecular weight excluding hydrogens is 286 g/mol. The van der Waals surface area contributed by atoms with E-state index in [1.807, 2.05) is 0 Å². The highest BCUT2D eigenvalue weighted by Crippen LogP contribution is 2.30. The third-order valence-electron chi connectivity index (χ3n) is 4.22. The van der Waals surface area contributed by atoms with Crippen molar-refractivity contribution in [1.82, 2.24) is 5.32 Å². The lowest BCUT2D eigenvalue weighted by atomic mass is 9.97. The van der Waals surface area contributed by atoms with Crippen molar-refractivity contribution in [2.75, 3.05) is 6.54 Å². The number of hydrogen-bond donors (Lipinski definition) is 1. The van der Waals surface area contributed by atoms with Gasteiger partial charge in [-0.2, -0.15) is 0 Å². The minimum absolute atomic E-state index is 0.568. The predicted molar refractivity (Wildman–Crippen MR) is 81.8 cm³/mol. The fourth-order valence-electron chi connectivity index (χ4n) is 2.92. The largest absolute Gasteiger partial charge is 0.314 e. The Balaban J connectivity index is 1.74. The molecule has 0 radical (unpaired) electrons. The van der Waals surface area contributed by atoms with E-state index in [1.165, 1.54) is 31.4 Å². The molecule has 3 atom stereocenters. The summed E-state index contributed by atoms with van der Waals surface area (Å²) in [5, 5.41) is 3.71. The lowest BCUT2D eigenvalue weighted by Gasteiger charge is -2.20. The van der Waals surface area contributed by atoms with Crippen LogP contribution in [0.25, 0.3) is 0 Å². The third kappa shape index (κ3) is 4.10. The minimum Gasteiger partial charge on any atom is -0.314 e. The zero-order valence-electron chi connectivity index (χ0n) is 11.5. The van der Waals surface area contributed by atoms with E-state index in [0.717, 1.165) is 22.7 Å². The molecule has 1 aliphatic rings. The minimum atomic E-state index is 0.568. The number of halogens is 1. The topological polar surface area (TPSA) is 12.0 Å². The zero-order chi connectivity index (χ0) is 13.0. The quantitative estimate of drug-likeness (QED) is 0.849. The van der Waals surface area contributed by atoms with Gasteiger partial charge in [-0.15, -0.1) is 0 Å². The van der Waals surface area contributed by atoms with Gasteiger partial charge in [-0.3, -0.25) is 0 Å². The predicted octanol–water partition coefficient (Wildman–Crippen LogP) is 4.41. The molecule has 1 aliphatic carbocycles. The molecular formula is C16H24BrN. The Hall–Kier alpha value is -0.340. The van der Waals surface area contributed by atoms with Crippen molar-refractivity contribution in [2.45, 2.75) is 45.6 Å². The van der Waals surface area contributed by atoms with Crippen molar-refractivity contribution < 1.29 is 0 Å². The van der Waals surface area contributed by atoms with E-state index in [9.17, 15) is 0 Å². The Bertz CT molecular complexity index is 360. The van der Waals surface area contributed by atoms with Crippen molar-refractivity contribution >= 4 is 15.9 Å². The Morgan fingerprint density at radius 1 is 1.28 bits per heavy atom. The highest BCUT2D eigenvalue weighted by atomic mass is 79.9. The summed E-state index contributed by atoms with van der Waals surface area (Å²) < 4.78 is 1.16. The summed E-state index contributed by atoms with van der Waals surface area (Å²) >= 11 is 3.48. The van der Waals surface area contributed by atoms with Crippen molar-refractivity contribution in [3.8, 4) is 0 Å². The molecule has 2 rings (SSSR count). The van der Waals surface area contributed by atoms with E-state index in [0.29, 0.717) is 6.04 Å². The molecule has 1 fully saturated rings. The van der Waals surface area contributed by atoms with Crippen molar-refractivity contribution in [2.24, 2.45) is 11.8 Å². The molecule has 2 heteroatoms. The molecule has 1 aromatic rings. The normalized spacial score (nSPS) is 25.3. The summed E-state index contributed by atoms with van der Waals surface area (Å²) in [6, 6.07) is 9.24. The molecule has 0 amide bonds. The van der Waals surface area contributed by atoms with Crippen LogP contribution < -0.4 is 5.32 Å². The van der Waals surface area contributed by atoms with Crippen LogP contribution in [-0.4, -0.2) is 12.6 Å². The number of benzene rings is 1. The third-order valence-corrected chi connectivity index (χ3v) is 4.75. The molecule has 0 aliphatic heterocycles. The standard InChI is InChI=1S/C16H24BrN/c1-12-4-3-5-15(12)11-18-13(2)10-14-6-8-16(17)9-7-14/h6-9,12-13,15,18H,3-5,10-11H2,1-2H3. The molecule has 0 spiro atoms. The fourth-order valence-corrected chi connectivity index (χ4v) is 3.19. The first-order valence-corrected chi connectivity index (χ1v) is 7.92. The van der Waals surface area contributed by atoms with E-state index in [2.05, 4.69) is 59.4 Å². The molecule has 1 saturated carbocycles. The van der Waals surface area contributed by atoms with E-state index in [-0.39, 0.29) is 0 Å². The van der Waals surface area contributed by atoms with Gasteiger partial charge in [-0.05, 0) is 55.8 Å². The molecule has 0 saturated heterocycles. The number of rotatable bonds is 5. The first-order chi connectivity index (χ1) is 8.65. The fraction of sp³-hybridized carbons (Fsp3) is 0.625. The maximum atomic E-state index is 3.71. The zero-order valence-corrected chi connectivity index (χ0v) is 13.0. The summed E-state index contributed by atoms with van der Waals surface area (Å²) in [5.41, 5.74) is 1.41. The van der Waals surface area contributed by atoms with Crippen LogP contribution in [0.3, 0.4) is 0 Å². The van der Waals surface area contributed by atoms with Crippen LogP contribution in [0.4, 0.5) is 0 Å². The maximum absolute atomic E-state index is 3.71. The lowest BCUT2D eigenvalue weighted by molar-refractivity contribution is 0.371. The van der Waals surface area contributed by atoms with Crippen molar-refractivity contribution in [1.29, 1.82) is 0 Å². The first-order valence-electron chi connectivity index (χ1n) is 7.13. The van der Waals surface area contributed by atoms with Crippen LogP contribution in [0, 0.1) is 11.8 Å². The van der Waals surface area contributed by atoms with E-state index < -0.39 is 0 Å². The molecule has 0 aromatic heterocycles. The highest BCUT2D eigenvalue weighted by molar-refractivity contribution is 9.10. The molecule has 3 unspecified atom stereocenters. The Morgan fingerprint density at radius 3 is 2.61 bits per heavy atom. The van der Waals surface area contributed by atoms with Gasteiger partial charge in [-0.1, -0.05) is 47.8 Å². The van der Waals surface area contributed by atoms with Crippen LogP contribution in [-0.2, 0) is 6.42 Å². The van der Waals surface area contributed by atoms with Crippen molar-refractivity contribution in [3.05, 3.63) is 34.3 Å². The van der Waals surface area contributed by atoms with Gasteiger partial charge < -0.3 is 5.32 Å². The second-order valence-corrected chi connectivity index (χ2v) is 6.72. The van der Waals surface area contributed by atoms with Crippen LogP contribution in [0.5, 0.6) is 0 Å². The smallest absolute Gasteiger partial charge is 0.0175 e. The molecule has 100 valence electrons. The van der Waals surface area contributed by atoms with Gasteiger partial charge in [-0.25, -0.2) is 0 Å². The summed E-state index contributed by atoms with van der Waals surface area (Å²) in [5.74, 6) is 1.81. The summed E-state index contributed by atoms with van der Waals surface area (Å²) in [6.07, 6.45) is 5.38. The second kappa shape index (κ2) is 6.72. The van der Waals surface area contributed by atoms with E-state index in [1.54, 1.807) is 0 Å². The SMILES string of the molecule is CC(Cc1ccc(Br)cc1)NCC1CCCC1C. The molecule has 1 nitrogen and oxygen atoms in total. The molecule has 18 heavy (non-hydrogen) atoms. The first kappa shape index (κ1) is 14.1. The van der Waals surface area contributed by atoms with Gasteiger partial charge in [0.2, 0.25) is 0 Å². The van der Waals surface area contributed by atoms with Gasteiger partial charge in [0, 0.05) is 10.5 Å². The molecule has 0 heterocycles. The average Bonchev–Trinajstić information content (AvgIpc) is 2.75. The molecule has 1 aromatic carbocycles. The molecule has 0 bridgehead atoms. The number of hydrogen-bond acceptors (Lipinski definition) is 1. The Kier molecular flexibility index (Phi) is 5.25. The van der Waals surface area contributed by atoms with Crippen LogP contribution in [0.2, 0.25) is 0 Å². The van der Waals surface area contributed by atoms with Crippen LogP contribution in [0.15, 0.2) is 28.7 Å². The van der Waals surface area contributed by atoms with Crippen molar-refractivity contribution in [3.63, 3.8) is 0 Å². The monoisotopic (exact) mass is 309 g/mol. The van der Waals surface area contributed by atoms with Gasteiger partial charge in [0.1, 0.15) is 0 Å². The summed E-state index contributed by atoms with van der Waals surface area (Å²) in [7, 11) is 0.